The van der Waals surface area contributed by atoms with E-state index < -0.39 is 17.2 Å². The zero-order valence-corrected chi connectivity index (χ0v) is 28.8. The van der Waals surface area contributed by atoms with Crippen LogP contribution in [0.15, 0.2) is 54.9 Å². The van der Waals surface area contributed by atoms with Crippen LogP contribution in [-0.4, -0.2) is 64.7 Å². The van der Waals surface area contributed by atoms with E-state index in [0.717, 1.165) is 22.4 Å². The van der Waals surface area contributed by atoms with E-state index in [9.17, 15) is 19.5 Å². The molecule has 3 aromatic rings. The van der Waals surface area contributed by atoms with Crippen molar-refractivity contribution >= 4 is 23.3 Å². The van der Waals surface area contributed by atoms with Crippen LogP contribution in [0.4, 0.5) is 5.69 Å². The molecule has 0 radical (unpaired) electrons. The van der Waals surface area contributed by atoms with Gasteiger partial charge < -0.3 is 29.4 Å². The number of Topliss-reactive ketones (excluding diaryl/α,β-unsaturated/α-hetero) is 1. The molecule has 1 aromatic heterocycles. The lowest BCUT2D eigenvalue weighted by molar-refractivity contribution is -0.132. The summed E-state index contributed by atoms with van der Waals surface area (Å²) in [7, 11) is 1.54. The Kier molecular flexibility index (Phi) is 11.8. The highest BCUT2D eigenvalue weighted by Crippen LogP contribution is 2.42. The Morgan fingerprint density at radius 2 is 1.66 bits per heavy atom. The topological polar surface area (TPSA) is 123 Å². The number of imidazole rings is 1. The first-order valence-electron chi connectivity index (χ1n) is 16.4. The van der Waals surface area contributed by atoms with Gasteiger partial charge in [0.2, 0.25) is 11.8 Å². The van der Waals surface area contributed by atoms with Crippen molar-refractivity contribution in [3.8, 4) is 22.5 Å². The average molecular weight is 647 g/mol. The largest absolute Gasteiger partial charge is 0.380 e. The van der Waals surface area contributed by atoms with E-state index in [0.29, 0.717) is 43.9 Å². The van der Waals surface area contributed by atoms with Gasteiger partial charge in [0, 0.05) is 55.6 Å². The molecule has 0 saturated heterocycles. The first-order valence-corrected chi connectivity index (χ1v) is 16.4. The average Bonchev–Trinajstić information content (AvgIpc) is 3.46. The Balaban J connectivity index is 1.40. The fourth-order valence-corrected chi connectivity index (χ4v) is 6.06. The van der Waals surface area contributed by atoms with E-state index in [1.807, 2.05) is 90.1 Å². The number of aliphatic hydroxyl groups is 1. The van der Waals surface area contributed by atoms with E-state index in [-0.39, 0.29) is 43.0 Å². The van der Waals surface area contributed by atoms with Crippen molar-refractivity contribution in [2.45, 2.75) is 85.6 Å². The minimum atomic E-state index is -0.934. The number of ketones is 1. The molecule has 1 atom stereocenters. The van der Waals surface area contributed by atoms with Crippen LogP contribution in [0.25, 0.3) is 22.5 Å². The van der Waals surface area contributed by atoms with Crippen LogP contribution in [-0.2, 0) is 30.4 Å². The first-order chi connectivity index (χ1) is 22.3. The zero-order chi connectivity index (χ0) is 34.4. The number of hydrogen-bond acceptors (Lipinski definition) is 7. The first kappa shape index (κ1) is 36.0. The van der Waals surface area contributed by atoms with Crippen molar-refractivity contribution in [1.82, 2.24) is 14.9 Å². The molecule has 2 heterocycles. The summed E-state index contributed by atoms with van der Waals surface area (Å²) < 4.78 is 13.0. The monoisotopic (exact) mass is 646 g/mol. The minimum Gasteiger partial charge on any atom is -0.380 e. The summed E-state index contributed by atoms with van der Waals surface area (Å²) in [6, 6.07) is 15.4. The molecule has 10 heteroatoms. The number of aromatic nitrogens is 2. The third kappa shape index (κ3) is 8.74. The van der Waals surface area contributed by atoms with Crippen molar-refractivity contribution in [3.05, 3.63) is 60.4 Å². The standard InChI is InChI=1S/C37H50N4O6/c1-25(2)35(45)36(3,4)19-21-47-37(5,6)18-20-38-30(42)16-17-31(43)40-22-26-12-8-9-13-27(26)34-33(28-14-10-11-15-29(28)40)39-24-41(34)32(44)23-46-7/h8-15,24-25,32,44H,16-23H2,1-7H3,(H,38,42). The predicted octanol–water partition coefficient (Wildman–Crippen LogP) is 5.92. The van der Waals surface area contributed by atoms with Crippen molar-refractivity contribution in [2.75, 3.05) is 31.8 Å². The minimum absolute atomic E-state index is 0.0200. The summed E-state index contributed by atoms with van der Waals surface area (Å²) in [5.41, 5.74) is 3.69. The van der Waals surface area contributed by atoms with Gasteiger partial charge in [0.15, 0.2) is 6.23 Å². The number of methoxy groups -OCH3 is 1. The van der Waals surface area contributed by atoms with Crippen LogP contribution < -0.4 is 10.2 Å². The van der Waals surface area contributed by atoms with E-state index in [2.05, 4.69) is 10.3 Å². The van der Waals surface area contributed by atoms with Crippen molar-refractivity contribution < 1.29 is 29.0 Å². The molecule has 47 heavy (non-hydrogen) atoms. The van der Waals surface area contributed by atoms with Crippen molar-refractivity contribution in [1.29, 1.82) is 0 Å². The van der Waals surface area contributed by atoms with Gasteiger partial charge >= 0.3 is 0 Å². The molecular weight excluding hydrogens is 596 g/mol. The van der Waals surface area contributed by atoms with Crippen LogP contribution >= 0.6 is 0 Å². The molecule has 2 amide bonds. The van der Waals surface area contributed by atoms with Gasteiger partial charge in [-0.3, -0.25) is 14.4 Å². The Morgan fingerprint density at radius 1 is 0.979 bits per heavy atom. The number of carbonyl (C=O) groups is 3. The molecule has 0 saturated carbocycles. The summed E-state index contributed by atoms with van der Waals surface area (Å²) >= 11 is 0. The lowest BCUT2D eigenvalue weighted by atomic mass is 9.80. The lowest BCUT2D eigenvalue weighted by Gasteiger charge is -2.30. The van der Waals surface area contributed by atoms with Crippen LogP contribution in [0.1, 0.15) is 79.0 Å². The predicted molar refractivity (Wildman–Crippen MR) is 183 cm³/mol. The number of carbonyl (C=O) groups excluding carboxylic acids is 3. The number of ether oxygens (including phenoxy) is 2. The lowest BCUT2D eigenvalue weighted by Crippen LogP contribution is -2.36. The molecule has 2 N–H and O–H groups in total. The second kappa shape index (κ2) is 15.4. The molecule has 1 unspecified atom stereocenters. The summed E-state index contributed by atoms with van der Waals surface area (Å²) in [5, 5.41) is 13.8. The maximum atomic E-state index is 13.8. The van der Waals surface area contributed by atoms with Crippen LogP contribution in [0, 0.1) is 11.3 Å². The number of amides is 2. The Morgan fingerprint density at radius 3 is 2.36 bits per heavy atom. The van der Waals surface area contributed by atoms with Gasteiger partial charge in [0.25, 0.3) is 0 Å². The Hall–Kier alpha value is -3.86. The van der Waals surface area contributed by atoms with Gasteiger partial charge in [-0.25, -0.2) is 4.98 Å². The number of aliphatic hydroxyl groups excluding tert-OH is 1. The molecule has 0 fully saturated rings. The third-order valence-electron chi connectivity index (χ3n) is 8.81. The van der Waals surface area contributed by atoms with E-state index in [4.69, 9.17) is 9.47 Å². The van der Waals surface area contributed by atoms with Crippen LogP contribution in [0.3, 0.4) is 0 Å². The maximum Gasteiger partial charge on any atom is 0.227 e. The third-order valence-corrected chi connectivity index (χ3v) is 8.81. The fraction of sp³-hybridized carbons (Fsp3) is 0.514. The molecule has 10 nitrogen and oxygen atoms in total. The number of anilines is 1. The van der Waals surface area contributed by atoms with Gasteiger partial charge in [0.1, 0.15) is 5.78 Å². The normalized spacial score (nSPS) is 13.7. The number of fused-ring (bicyclic) bond motifs is 5. The molecule has 2 aromatic carbocycles. The fourth-order valence-electron chi connectivity index (χ4n) is 6.06. The van der Waals surface area contributed by atoms with Crippen molar-refractivity contribution in [2.24, 2.45) is 11.3 Å². The number of benzene rings is 2. The summed E-state index contributed by atoms with van der Waals surface area (Å²) in [6.45, 7) is 13.0. The summed E-state index contributed by atoms with van der Waals surface area (Å²) in [4.78, 5) is 45.5. The highest BCUT2D eigenvalue weighted by Gasteiger charge is 2.31. The number of nitrogens with zero attached hydrogens (tertiary/aromatic N) is 3. The highest BCUT2D eigenvalue weighted by molar-refractivity contribution is 6.01. The highest BCUT2D eigenvalue weighted by atomic mass is 16.5. The number of nitrogens with one attached hydrogen (secondary N) is 1. The second-order valence-electron chi connectivity index (χ2n) is 13.8. The Bertz CT molecular complexity index is 1560. The van der Waals surface area contributed by atoms with E-state index in [1.54, 1.807) is 15.8 Å². The second-order valence-corrected chi connectivity index (χ2v) is 13.8. The van der Waals surface area contributed by atoms with E-state index >= 15 is 0 Å². The molecule has 4 rings (SSSR count). The zero-order valence-electron chi connectivity index (χ0n) is 28.8. The van der Waals surface area contributed by atoms with Crippen LogP contribution in [0.2, 0.25) is 0 Å². The maximum absolute atomic E-state index is 13.8. The molecular formula is C37H50N4O6. The van der Waals surface area contributed by atoms with Gasteiger partial charge in [0.05, 0.1) is 42.2 Å². The van der Waals surface area contributed by atoms with Crippen LogP contribution in [0.5, 0.6) is 0 Å². The number of rotatable bonds is 15. The Labute approximate surface area is 278 Å². The molecule has 254 valence electrons. The molecule has 0 spiro atoms. The SMILES string of the molecule is COCC(O)n1cnc2c1-c1ccccc1CN(C(=O)CCC(=O)NCCC(C)(C)OCCC(C)(C)C(=O)C(C)C)c1ccccc1-2. The summed E-state index contributed by atoms with van der Waals surface area (Å²) in [6.07, 6.45) is 1.98. The van der Waals surface area contributed by atoms with Gasteiger partial charge in [-0.15, -0.1) is 0 Å². The summed E-state index contributed by atoms with van der Waals surface area (Å²) in [5.74, 6) is -0.172. The smallest absolute Gasteiger partial charge is 0.227 e. The van der Waals surface area contributed by atoms with Gasteiger partial charge in [-0.1, -0.05) is 70.2 Å². The van der Waals surface area contributed by atoms with Gasteiger partial charge in [-0.2, -0.15) is 0 Å². The molecule has 1 aliphatic heterocycles. The molecule has 0 aliphatic carbocycles. The van der Waals surface area contributed by atoms with E-state index in [1.165, 1.54) is 7.11 Å². The molecule has 0 bridgehead atoms. The van der Waals surface area contributed by atoms with Gasteiger partial charge in [-0.05, 0) is 38.3 Å². The quantitative estimate of drug-likeness (QED) is 0.210. The number of para-hydroxylation sites is 1. The van der Waals surface area contributed by atoms with Crippen molar-refractivity contribution in [3.63, 3.8) is 0 Å². The molecule has 1 aliphatic rings. The number of hydrogen-bond donors (Lipinski definition) is 2.